The quantitative estimate of drug-likeness (QED) is 0.694. The molecule has 1 aromatic carbocycles. The SMILES string of the molecule is CCOC(=O)C[C@H](N)c1c(Br)cc(Br)c(O)c1Br. The average Bonchev–Trinajstić information content (AvgIpc) is 2.26. The Morgan fingerprint density at radius 2 is 2.06 bits per heavy atom. The molecular weight excluding hydrogens is 434 g/mol. The van der Waals surface area contributed by atoms with E-state index in [-0.39, 0.29) is 18.1 Å². The summed E-state index contributed by atoms with van der Waals surface area (Å²) in [7, 11) is 0. The van der Waals surface area contributed by atoms with Crippen molar-refractivity contribution in [2.75, 3.05) is 6.61 Å². The molecule has 3 N–H and O–H groups in total. The van der Waals surface area contributed by atoms with E-state index in [9.17, 15) is 9.90 Å². The Kier molecular flexibility index (Phi) is 6.10. The number of hydrogen-bond donors (Lipinski definition) is 2. The Morgan fingerprint density at radius 1 is 1.44 bits per heavy atom. The fourth-order valence-electron chi connectivity index (χ4n) is 1.44. The standard InChI is InChI=1S/C11H12Br3NO3/c1-2-18-8(16)4-7(15)9-5(12)3-6(13)11(17)10(9)14/h3,7,17H,2,4,15H2,1H3/t7-/m0/s1. The van der Waals surface area contributed by atoms with Gasteiger partial charge in [0, 0.05) is 16.1 Å². The van der Waals surface area contributed by atoms with Crippen molar-refractivity contribution in [3.8, 4) is 5.75 Å². The minimum Gasteiger partial charge on any atom is -0.506 e. The number of benzene rings is 1. The van der Waals surface area contributed by atoms with Crippen molar-refractivity contribution >= 4 is 53.8 Å². The van der Waals surface area contributed by atoms with Crippen LogP contribution in [0.1, 0.15) is 24.9 Å². The Morgan fingerprint density at radius 3 is 2.61 bits per heavy atom. The van der Waals surface area contributed by atoms with E-state index in [2.05, 4.69) is 47.8 Å². The highest BCUT2D eigenvalue weighted by Gasteiger charge is 2.21. The summed E-state index contributed by atoms with van der Waals surface area (Å²) in [5, 5.41) is 9.81. The van der Waals surface area contributed by atoms with Crippen molar-refractivity contribution < 1.29 is 14.6 Å². The third kappa shape index (κ3) is 3.69. The maximum absolute atomic E-state index is 11.4. The van der Waals surface area contributed by atoms with E-state index in [0.717, 1.165) is 0 Å². The van der Waals surface area contributed by atoms with Crippen LogP contribution in [0.5, 0.6) is 5.75 Å². The smallest absolute Gasteiger partial charge is 0.307 e. The molecular formula is C11H12Br3NO3. The molecule has 1 aromatic rings. The van der Waals surface area contributed by atoms with Crippen LogP contribution in [0, 0.1) is 0 Å². The molecule has 1 rings (SSSR count). The molecule has 4 nitrogen and oxygen atoms in total. The summed E-state index contributed by atoms with van der Waals surface area (Å²) in [6, 6.07) is 1.12. The van der Waals surface area contributed by atoms with Crippen molar-refractivity contribution in [1.82, 2.24) is 0 Å². The molecule has 0 aliphatic rings. The first-order valence-electron chi connectivity index (χ1n) is 5.16. The van der Waals surface area contributed by atoms with Crippen LogP contribution in [-0.2, 0) is 9.53 Å². The maximum Gasteiger partial charge on any atom is 0.307 e. The van der Waals surface area contributed by atoms with E-state index in [1.807, 2.05) is 0 Å². The Bertz CT molecular complexity index is 465. The highest BCUT2D eigenvalue weighted by Crippen LogP contribution is 2.42. The first-order chi connectivity index (χ1) is 8.38. The van der Waals surface area contributed by atoms with E-state index in [1.54, 1.807) is 13.0 Å². The van der Waals surface area contributed by atoms with Crippen LogP contribution in [0.2, 0.25) is 0 Å². The van der Waals surface area contributed by atoms with E-state index in [0.29, 0.717) is 25.6 Å². The van der Waals surface area contributed by atoms with Crippen LogP contribution in [0.25, 0.3) is 0 Å². The van der Waals surface area contributed by atoms with Crippen LogP contribution in [0.15, 0.2) is 19.5 Å². The second kappa shape index (κ2) is 6.88. The number of carbonyl (C=O) groups excluding carboxylic acids is 1. The molecule has 18 heavy (non-hydrogen) atoms. The first-order valence-corrected chi connectivity index (χ1v) is 7.53. The van der Waals surface area contributed by atoms with Gasteiger partial charge in [0.25, 0.3) is 0 Å². The van der Waals surface area contributed by atoms with Gasteiger partial charge in [0.05, 0.1) is 22.0 Å². The lowest BCUT2D eigenvalue weighted by Gasteiger charge is -2.16. The number of hydrogen-bond acceptors (Lipinski definition) is 4. The number of halogens is 3. The Hall–Kier alpha value is -0.110. The number of rotatable bonds is 4. The first kappa shape index (κ1) is 15.9. The Balaban J connectivity index is 3.02. The molecule has 0 saturated carbocycles. The van der Waals surface area contributed by atoms with Gasteiger partial charge in [-0.15, -0.1) is 0 Å². The van der Waals surface area contributed by atoms with E-state index in [4.69, 9.17) is 10.5 Å². The molecule has 0 aromatic heterocycles. The number of ether oxygens (including phenoxy) is 1. The van der Waals surface area contributed by atoms with E-state index >= 15 is 0 Å². The summed E-state index contributed by atoms with van der Waals surface area (Å²) in [5.41, 5.74) is 6.59. The summed E-state index contributed by atoms with van der Waals surface area (Å²) in [5.74, 6) is -0.321. The normalized spacial score (nSPS) is 12.3. The molecule has 0 heterocycles. The van der Waals surface area contributed by atoms with Gasteiger partial charge >= 0.3 is 5.97 Å². The van der Waals surface area contributed by atoms with Gasteiger partial charge in [-0.2, -0.15) is 0 Å². The summed E-state index contributed by atoms with van der Waals surface area (Å²) < 4.78 is 6.55. The molecule has 0 unspecified atom stereocenters. The summed E-state index contributed by atoms with van der Waals surface area (Å²) in [6.45, 7) is 2.06. The van der Waals surface area contributed by atoms with Gasteiger partial charge in [-0.25, -0.2) is 0 Å². The topological polar surface area (TPSA) is 72.5 Å². The third-order valence-electron chi connectivity index (χ3n) is 2.24. The largest absolute Gasteiger partial charge is 0.506 e. The summed E-state index contributed by atoms with van der Waals surface area (Å²) >= 11 is 9.84. The lowest BCUT2D eigenvalue weighted by molar-refractivity contribution is -0.143. The van der Waals surface area contributed by atoms with Gasteiger partial charge in [0.1, 0.15) is 5.75 Å². The zero-order valence-corrected chi connectivity index (χ0v) is 14.3. The number of phenols is 1. The van der Waals surface area contributed by atoms with Crippen LogP contribution in [0.4, 0.5) is 0 Å². The fourth-order valence-corrected chi connectivity index (χ4v) is 4.14. The molecule has 0 aliphatic heterocycles. The number of aromatic hydroxyl groups is 1. The molecule has 0 aliphatic carbocycles. The number of carbonyl (C=O) groups is 1. The van der Waals surface area contributed by atoms with Crippen molar-refractivity contribution in [2.45, 2.75) is 19.4 Å². The molecule has 0 amide bonds. The fraction of sp³-hybridized carbons (Fsp3) is 0.364. The molecule has 1 atom stereocenters. The molecule has 7 heteroatoms. The van der Waals surface area contributed by atoms with Gasteiger partial charge in [-0.1, -0.05) is 15.9 Å². The summed E-state index contributed by atoms with van der Waals surface area (Å²) in [6.07, 6.45) is 0.0477. The Labute approximate surface area is 130 Å². The van der Waals surface area contributed by atoms with Crippen molar-refractivity contribution in [1.29, 1.82) is 0 Å². The van der Waals surface area contributed by atoms with Crippen molar-refractivity contribution in [2.24, 2.45) is 5.73 Å². The maximum atomic E-state index is 11.4. The molecule has 0 bridgehead atoms. The number of esters is 1. The second-order valence-electron chi connectivity index (χ2n) is 3.53. The van der Waals surface area contributed by atoms with E-state index in [1.165, 1.54) is 0 Å². The van der Waals surface area contributed by atoms with Crippen LogP contribution >= 0.6 is 47.8 Å². The van der Waals surface area contributed by atoms with E-state index < -0.39 is 6.04 Å². The number of phenolic OH excluding ortho intramolecular Hbond substituents is 1. The molecule has 0 fully saturated rings. The van der Waals surface area contributed by atoms with Crippen LogP contribution in [-0.4, -0.2) is 17.7 Å². The highest BCUT2D eigenvalue weighted by atomic mass is 79.9. The molecule has 0 spiro atoms. The van der Waals surface area contributed by atoms with Gasteiger partial charge < -0.3 is 15.6 Å². The minimum absolute atomic E-state index is 0.0477. The molecule has 100 valence electrons. The van der Waals surface area contributed by atoms with Gasteiger partial charge in [-0.3, -0.25) is 4.79 Å². The minimum atomic E-state index is -0.563. The number of nitrogens with two attached hydrogens (primary N) is 1. The van der Waals surface area contributed by atoms with Gasteiger partial charge in [0.2, 0.25) is 0 Å². The lowest BCUT2D eigenvalue weighted by Crippen LogP contribution is -2.18. The van der Waals surface area contributed by atoms with Gasteiger partial charge in [-0.05, 0) is 44.8 Å². The molecule has 0 radical (unpaired) electrons. The van der Waals surface area contributed by atoms with Crippen molar-refractivity contribution in [3.05, 3.63) is 25.0 Å². The zero-order chi connectivity index (χ0) is 13.9. The van der Waals surface area contributed by atoms with Crippen LogP contribution in [0.3, 0.4) is 0 Å². The predicted molar refractivity (Wildman–Crippen MR) is 79.4 cm³/mol. The monoisotopic (exact) mass is 443 g/mol. The average molecular weight is 446 g/mol. The van der Waals surface area contributed by atoms with Gasteiger partial charge in [0.15, 0.2) is 0 Å². The lowest BCUT2D eigenvalue weighted by atomic mass is 10.0. The second-order valence-corrected chi connectivity index (χ2v) is 6.03. The van der Waals surface area contributed by atoms with Crippen LogP contribution < -0.4 is 5.73 Å². The summed E-state index contributed by atoms with van der Waals surface area (Å²) in [4.78, 5) is 11.4. The zero-order valence-electron chi connectivity index (χ0n) is 9.54. The third-order valence-corrected chi connectivity index (χ3v) is 4.31. The highest BCUT2D eigenvalue weighted by molar-refractivity contribution is 9.11. The predicted octanol–water partition coefficient (Wildman–Crippen LogP) is 3.63. The molecule has 0 saturated heterocycles. The van der Waals surface area contributed by atoms with Crippen molar-refractivity contribution in [3.63, 3.8) is 0 Å².